The molecule has 3 heteroatoms. The molecule has 3 nitrogen and oxygen atoms in total. The minimum Gasteiger partial charge on any atom is -0.505 e. The van der Waals surface area contributed by atoms with Gasteiger partial charge in [-0.1, -0.05) is 49.6 Å². The predicted octanol–water partition coefficient (Wildman–Crippen LogP) is 5.03. The average molecular weight is 286 g/mol. The monoisotopic (exact) mass is 286 g/mol. The summed E-state index contributed by atoms with van der Waals surface area (Å²) in [5.41, 5.74) is 0. The van der Waals surface area contributed by atoms with Gasteiger partial charge in [-0.2, -0.15) is 0 Å². The molecule has 0 aromatic heterocycles. The number of hydrogen-bond donors (Lipinski definition) is 0. The molecule has 112 valence electrons. The van der Waals surface area contributed by atoms with E-state index in [2.05, 4.69) is 22.6 Å². The highest BCUT2D eigenvalue weighted by atomic mass is 16.5. The summed E-state index contributed by atoms with van der Waals surface area (Å²) in [5.74, 6) is 1.74. The van der Waals surface area contributed by atoms with Crippen LogP contribution < -0.4 is 4.74 Å². The first kappa shape index (κ1) is 18.3. The Bertz CT molecular complexity index is 421. The van der Waals surface area contributed by atoms with Crippen molar-refractivity contribution in [1.82, 2.24) is 0 Å². The summed E-state index contributed by atoms with van der Waals surface area (Å²) in [6.07, 6.45) is 2.75. The maximum atomic E-state index is 5.58. The van der Waals surface area contributed by atoms with Gasteiger partial charge in [0.15, 0.2) is 0 Å². The molecule has 0 aliphatic heterocycles. The van der Waals surface area contributed by atoms with E-state index in [0.29, 0.717) is 0 Å². The van der Waals surface area contributed by atoms with Gasteiger partial charge in [0, 0.05) is 0 Å². The summed E-state index contributed by atoms with van der Waals surface area (Å²) in [4.78, 5) is 0. The Morgan fingerprint density at radius 3 is 1.19 bits per heavy atom. The average Bonchev–Trinajstić information content (AvgIpc) is 2.57. The van der Waals surface area contributed by atoms with Crippen molar-refractivity contribution in [3.8, 4) is 11.5 Å². The first-order valence-corrected chi connectivity index (χ1v) is 6.33. The molecular weight excluding hydrogens is 264 g/mol. The largest absolute Gasteiger partial charge is 0.505 e. The third-order valence-corrected chi connectivity index (χ3v) is 2.06. The van der Waals surface area contributed by atoms with Crippen molar-refractivity contribution in [1.29, 1.82) is 0 Å². The summed E-state index contributed by atoms with van der Waals surface area (Å²) in [7, 11) is 3.12. The van der Waals surface area contributed by atoms with Crippen LogP contribution in [0.2, 0.25) is 0 Å². The molecule has 0 saturated carbocycles. The summed E-state index contributed by atoms with van der Waals surface area (Å²) in [6, 6.07) is 19.5. The molecule has 2 aromatic rings. The molecular formula is C18H22O3. The molecule has 0 amide bonds. The zero-order valence-electron chi connectivity index (χ0n) is 12.6. The van der Waals surface area contributed by atoms with Gasteiger partial charge in [-0.3, -0.25) is 0 Å². The maximum Gasteiger partial charge on any atom is 0.127 e. The van der Waals surface area contributed by atoms with E-state index in [0.717, 1.165) is 11.5 Å². The molecule has 2 rings (SSSR count). The molecule has 2 aromatic carbocycles. The van der Waals surface area contributed by atoms with Crippen molar-refractivity contribution in [3.05, 3.63) is 86.3 Å². The van der Waals surface area contributed by atoms with Crippen LogP contribution in [0.25, 0.3) is 0 Å². The molecule has 0 unspecified atom stereocenters. The Balaban J connectivity index is 0.000000421. The van der Waals surface area contributed by atoms with Gasteiger partial charge in [0.25, 0.3) is 0 Å². The Morgan fingerprint density at radius 1 is 0.667 bits per heavy atom. The van der Waals surface area contributed by atoms with Crippen LogP contribution in [0.15, 0.2) is 86.3 Å². The SMILES string of the molecule is C=COC.C=COC.c1ccc(Oc2ccccc2)cc1. The first-order valence-electron chi connectivity index (χ1n) is 6.33. The number of methoxy groups -OCH3 is 2. The second-order valence-corrected chi connectivity index (χ2v) is 3.53. The molecule has 0 bridgehead atoms. The summed E-state index contributed by atoms with van der Waals surface area (Å²) in [5, 5.41) is 0. The zero-order valence-corrected chi connectivity index (χ0v) is 12.6. The summed E-state index contributed by atoms with van der Waals surface area (Å²) in [6.45, 7) is 6.51. The lowest BCUT2D eigenvalue weighted by atomic mass is 10.3. The summed E-state index contributed by atoms with van der Waals surface area (Å²) < 4.78 is 14.2. The standard InChI is InChI=1S/C12H10O.2C3H6O/c1-3-7-11(8-4-1)13-12-9-5-2-6-10-12;2*1-3-4-2/h1-10H;2*3H,1H2,2H3. The number of hydrogen-bond acceptors (Lipinski definition) is 3. The lowest BCUT2D eigenvalue weighted by Crippen LogP contribution is -1.81. The van der Waals surface area contributed by atoms with Crippen molar-refractivity contribution in [2.24, 2.45) is 0 Å². The lowest BCUT2D eigenvalue weighted by molar-refractivity contribution is 0.339. The second-order valence-electron chi connectivity index (χ2n) is 3.53. The van der Waals surface area contributed by atoms with Gasteiger partial charge in [-0.25, -0.2) is 0 Å². The first-order chi connectivity index (χ1) is 10.3. The van der Waals surface area contributed by atoms with Crippen LogP contribution in [0.3, 0.4) is 0 Å². The van der Waals surface area contributed by atoms with Gasteiger partial charge in [0.1, 0.15) is 11.5 Å². The van der Waals surface area contributed by atoms with E-state index in [1.165, 1.54) is 12.5 Å². The molecule has 0 radical (unpaired) electrons. The van der Waals surface area contributed by atoms with E-state index in [-0.39, 0.29) is 0 Å². The molecule has 0 N–H and O–H groups in total. The van der Waals surface area contributed by atoms with E-state index < -0.39 is 0 Å². The molecule has 0 aliphatic carbocycles. The fourth-order valence-electron chi connectivity index (χ4n) is 1.11. The number of para-hydroxylation sites is 2. The molecule has 0 fully saturated rings. The van der Waals surface area contributed by atoms with Gasteiger partial charge in [0.05, 0.1) is 26.7 Å². The zero-order chi connectivity index (χ0) is 15.8. The van der Waals surface area contributed by atoms with Gasteiger partial charge >= 0.3 is 0 Å². The van der Waals surface area contributed by atoms with Gasteiger partial charge < -0.3 is 14.2 Å². The van der Waals surface area contributed by atoms with Crippen LogP contribution in [0, 0.1) is 0 Å². The molecule has 0 spiro atoms. The normalized spacial score (nSPS) is 7.90. The van der Waals surface area contributed by atoms with Crippen LogP contribution >= 0.6 is 0 Å². The molecule has 0 saturated heterocycles. The smallest absolute Gasteiger partial charge is 0.127 e. The molecule has 0 aliphatic rings. The molecule has 0 atom stereocenters. The molecule has 0 heterocycles. The fourth-order valence-corrected chi connectivity index (χ4v) is 1.11. The Kier molecular flexibility index (Phi) is 12.0. The van der Waals surface area contributed by atoms with Crippen molar-refractivity contribution < 1.29 is 14.2 Å². The number of rotatable bonds is 4. The highest BCUT2D eigenvalue weighted by molar-refractivity contribution is 5.30. The summed E-state index contributed by atoms with van der Waals surface area (Å²) >= 11 is 0. The van der Waals surface area contributed by atoms with E-state index in [1.807, 2.05) is 60.7 Å². The minimum absolute atomic E-state index is 0.869. The predicted molar refractivity (Wildman–Crippen MR) is 87.4 cm³/mol. The lowest BCUT2D eigenvalue weighted by Gasteiger charge is -2.03. The fraction of sp³-hybridized carbons (Fsp3) is 0.111. The van der Waals surface area contributed by atoms with Crippen molar-refractivity contribution in [3.63, 3.8) is 0 Å². The molecule has 21 heavy (non-hydrogen) atoms. The second kappa shape index (κ2) is 13.7. The minimum atomic E-state index is 0.869. The van der Waals surface area contributed by atoms with Gasteiger partial charge in [0.2, 0.25) is 0 Å². The van der Waals surface area contributed by atoms with Crippen molar-refractivity contribution in [2.75, 3.05) is 14.2 Å². The van der Waals surface area contributed by atoms with Crippen LogP contribution in [-0.2, 0) is 9.47 Å². The van der Waals surface area contributed by atoms with E-state index >= 15 is 0 Å². The van der Waals surface area contributed by atoms with Crippen LogP contribution in [0.1, 0.15) is 0 Å². The van der Waals surface area contributed by atoms with Crippen LogP contribution in [-0.4, -0.2) is 14.2 Å². The number of ether oxygens (including phenoxy) is 3. The van der Waals surface area contributed by atoms with E-state index in [4.69, 9.17) is 4.74 Å². The van der Waals surface area contributed by atoms with Crippen molar-refractivity contribution >= 4 is 0 Å². The van der Waals surface area contributed by atoms with Gasteiger partial charge in [-0.05, 0) is 24.3 Å². The highest BCUT2D eigenvalue weighted by Crippen LogP contribution is 2.19. The van der Waals surface area contributed by atoms with Gasteiger partial charge in [-0.15, -0.1) is 0 Å². The van der Waals surface area contributed by atoms with Crippen LogP contribution in [0.5, 0.6) is 11.5 Å². The topological polar surface area (TPSA) is 27.7 Å². The number of benzene rings is 2. The van der Waals surface area contributed by atoms with Crippen LogP contribution in [0.4, 0.5) is 0 Å². The Hall–Kier alpha value is -2.68. The van der Waals surface area contributed by atoms with Crippen molar-refractivity contribution in [2.45, 2.75) is 0 Å². The van der Waals surface area contributed by atoms with E-state index in [9.17, 15) is 0 Å². The quantitative estimate of drug-likeness (QED) is 0.738. The maximum absolute atomic E-state index is 5.58. The third kappa shape index (κ3) is 10.9. The highest BCUT2D eigenvalue weighted by Gasteiger charge is 1.92. The Labute approximate surface area is 127 Å². The third-order valence-electron chi connectivity index (χ3n) is 2.06. The Morgan fingerprint density at radius 2 is 0.952 bits per heavy atom. The van der Waals surface area contributed by atoms with E-state index in [1.54, 1.807) is 14.2 Å².